The number of sulfonamides is 1. The fourth-order valence-corrected chi connectivity index (χ4v) is 5.73. The second-order valence-corrected chi connectivity index (χ2v) is 11.1. The fourth-order valence-electron chi connectivity index (χ4n) is 4.43. The van der Waals surface area contributed by atoms with Gasteiger partial charge in [0.05, 0.1) is 35.4 Å². The molecule has 3 aromatic carbocycles. The van der Waals surface area contributed by atoms with Crippen LogP contribution in [0.15, 0.2) is 88.9 Å². The monoisotopic (exact) mass is 601 g/mol. The van der Waals surface area contributed by atoms with Crippen molar-refractivity contribution in [3.05, 3.63) is 95.6 Å². The van der Waals surface area contributed by atoms with Crippen LogP contribution in [0.5, 0.6) is 0 Å². The van der Waals surface area contributed by atoms with E-state index in [1.807, 2.05) is 54.6 Å². The van der Waals surface area contributed by atoms with Gasteiger partial charge < -0.3 is 16.3 Å². The molecule has 3 atom stereocenters. The van der Waals surface area contributed by atoms with E-state index < -0.39 is 40.6 Å². The molecule has 0 saturated carbocycles. The topological polar surface area (TPSA) is 163 Å². The zero-order valence-corrected chi connectivity index (χ0v) is 23.8. The molecular formula is C28H32ClN5O6S. The SMILES string of the molecule is Cc1cccc(S(=O)(=O)N[C@@H](CNC(=O)C[C@@H]2C[C@H](c3ccc(C=NN)cc3)N(c3ccccc3)O2)C(=O)O)c1.Cl. The Labute approximate surface area is 244 Å². The summed E-state index contributed by atoms with van der Waals surface area (Å²) in [5.41, 5.74) is 3.35. The zero-order valence-electron chi connectivity index (χ0n) is 22.2. The molecule has 41 heavy (non-hydrogen) atoms. The minimum absolute atomic E-state index is 0. The molecule has 1 amide bonds. The highest BCUT2D eigenvalue weighted by atomic mass is 35.5. The number of aliphatic carboxylic acids is 1. The Morgan fingerprint density at radius 2 is 1.83 bits per heavy atom. The summed E-state index contributed by atoms with van der Waals surface area (Å²) in [6, 6.07) is 21.5. The Morgan fingerprint density at radius 3 is 2.46 bits per heavy atom. The van der Waals surface area contributed by atoms with Gasteiger partial charge in [0, 0.05) is 13.0 Å². The second kappa shape index (κ2) is 14.1. The first kappa shape index (κ1) is 31.6. The van der Waals surface area contributed by atoms with E-state index >= 15 is 0 Å². The average Bonchev–Trinajstić information content (AvgIpc) is 3.35. The van der Waals surface area contributed by atoms with Crippen LogP contribution < -0.4 is 20.9 Å². The number of anilines is 1. The van der Waals surface area contributed by atoms with Crippen LogP contribution >= 0.6 is 12.4 Å². The normalized spacial score (nSPS) is 17.6. The van der Waals surface area contributed by atoms with Crippen LogP contribution in [0.4, 0.5) is 5.69 Å². The number of carboxylic acid groups (broad SMARTS) is 1. The molecule has 1 aliphatic heterocycles. The van der Waals surface area contributed by atoms with Gasteiger partial charge >= 0.3 is 5.97 Å². The molecule has 11 nitrogen and oxygen atoms in total. The van der Waals surface area contributed by atoms with Gasteiger partial charge in [-0.2, -0.15) is 9.82 Å². The maximum atomic E-state index is 12.8. The number of para-hydroxylation sites is 1. The van der Waals surface area contributed by atoms with E-state index in [-0.39, 0.29) is 29.8 Å². The molecule has 0 aromatic heterocycles. The van der Waals surface area contributed by atoms with Crippen LogP contribution in [-0.2, 0) is 24.4 Å². The Bertz CT molecular complexity index is 1470. The lowest BCUT2D eigenvalue weighted by Gasteiger charge is -2.25. The van der Waals surface area contributed by atoms with Gasteiger partial charge in [-0.1, -0.05) is 54.6 Å². The van der Waals surface area contributed by atoms with Crippen LogP contribution in [0.2, 0.25) is 0 Å². The molecule has 1 fully saturated rings. The Balaban J connectivity index is 0.00000462. The molecule has 218 valence electrons. The summed E-state index contributed by atoms with van der Waals surface area (Å²) in [4.78, 5) is 30.7. The number of hydroxylamine groups is 1. The molecule has 5 N–H and O–H groups in total. The number of nitrogens with one attached hydrogen (secondary N) is 2. The molecule has 0 aliphatic carbocycles. The number of hydrazone groups is 1. The van der Waals surface area contributed by atoms with Crippen molar-refractivity contribution in [1.82, 2.24) is 10.0 Å². The third kappa shape index (κ3) is 8.27. The summed E-state index contributed by atoms with van der Waals surface area (Å²) in [6.07, 6.45) is 1.49. The molecule has 1 heterocycles. The van der Waals surface area contributed by atoms with E-state index in [2.05, 4.69) is 15.1 Å². The first-order valence-electron chi connectivity index (χ1n) is 12.6. The molecule has 0 bridgehead atoms. The van der Waals surface area contributed by atoms with Gasteiger partial charge in [-0.25, -0.2) is 13.5 Å². The van der Waals surface area contributed by atoms with E-state index in [1.165, 1.54) is 12.1 Å². The van der Waals surface area contributed by atoms with Gasteiger partial charge in [0.15, 0.2) is 0 Å². The number of carbonyl (C=O) groups excluding carboxylic acids is 1. The van der Waals surface area contributed by atoms with E-state index in [1.54, 1.807) is 30.3 Å². The van der Waals surface area contributed by atoms with Crippen molar-refractivity contribution in [3.63, 3.8) is 0 Å². The summed E-state index contributed by atoms with van der Waals surface area (Å²) in [6.45, 7) is 1.30. The van der Waals surface area contributed by atoms with Gasteiger partial charge in [0.25, 0.3) is 0 Å². The number of hydrogen-bond donors (Lipinski definition) is 4. The number of rotatable bonds is 11. The van der Waals surface area contributed by atoms with E-state index in [0.29, 0.717) is 12.0 Å². The number of nitrogens with zero attached hydrogens (tertiary/aromatic N) is 2. The van der Waals surface area contributed by atoms with Gasteiger partial charge in [-0.3, -0.25) is 14.4 Å². The van der Waals surface area contributed by atoms with Crippen LogP contribution in [0.3, 0.4) is 0 Å². The lowest BCUT2D eigenvalue weighted by molar-refractivity contribution is -0.138. The number of carbonyl (C=O) groups is 2. The first-order valence-corrected chi connectivity index (χ1v) is 14.1. The Kier molecular flexibility index (Phi) is 10.8. The van der Waals surface area contributed by atoms with Crippen molar-refractivity contribution in [2.24, 2.45) is 10.9 Å². The fraction of sp³-hybridized carbons (Fsp3) is 0.250. The number of amides is 1. The maximum Gasteiger partial charge on any atom is 0.323 e. The van der Waals surface area contributed by atoms with Gasteiger partial charge in [0.2, 0.25) is 15.9 Å². The van der Waals surface area contributed by atoms with Crippen molar-refractivity contribution in [2.75, 3.05) is 11.6 Å². The van der Waals surface area contributed by atoms with Crippen molar-refractivity contribution in [1.29, 1.82) is 0 Å². The quantitative estimate of drug-likeness (QED) is 0.148. The molecular weight excluding hydrogens is 570 g/mol. The molecule has 0 spiro atoms. The summed E-state index contributed by atoms with van der Waals surface area (Å²) in [5, 5.41) is 17.4. The molecule has 1 aliphatic rings. The number of carboxylic acids is 1. The van der Waals surface area contributed by atoms with Crippen LogP contribution in [0.25, 0.3) is 0 Å². The predicted molar refractivity (Wildman–Crippen MR) is 157 cm³/mol. The van der Waals surface area contributed by atoms with Gasteiger partial charge in [-0.15, -0.1) is 12.4 Å². The van der Waals surface area contributed by atoms with Crippen LogP contribution in [0, 0.1) is 6.92 Å². The smallest absolute Gasteiger partial charge is 0.323 e. The summed E-state index contributed by atoms with van der Waals surface area (Å²) >= 11 is 0. The van der Waals surface area contributed by atoms with E-state index in [0.717, 1.165) is 16.8 Å². The number of halogens is 1. The van der Waals surface area contributed by atoms with Crippen LogP contribution in [0.1, 0.15) is 35.6 Å². The van der Waals surface area contributed by atoms with E-state index in [4.69, 9.17) is 10.7 Å². The largest absolute Gasteiger partial charge is 0.480 e. The third-order valence-corrected chi connectivity index (χ3v) is 7.87. The summed E-state index contributed by atoms with van der Waals surface area (Å²) in [5.74, 6) is 3.37. The summed E-state index contributed by atoms with van der Waals surface area (Å²) in [7, 11) is -4.11. The van der Waals surface area contributed by atoms with E-state index in [9.17, 15) is 23.1 Å². The van der Waals surface area contributed by atoms with Crippen molar-refractivity contribution in [2.45, 2.75) is 42.8 Å². The number of nitrogens with two attached hydrogens (primary N) is 1. The summed E-state index contributed by atoms with van der Waals surface area (Å²) < 4.78 is 27.5. The maximum absolute atomic E-state index is 12.8. The lowest BCUT2D eigenvalue weighted by Crippen LogP contribution is -2.48. The highest BCUT2D eigenvalue weighted by molar-refractivity contribution is 7.89. The molecule has 0 unspecified atom stereocenters. The van der Waals surface area contributed by atoms with Crippen molar-refractivity contribution < 1.29 is 28.0 Å². The highest BCUT2D eigenvalue weighted by Gasteiger charge is 2.36. The predicted octanol–water partition coefficient (Wildman–Crippen LogP) is 2.90. The lowest BCUT2D eigenvalue weighted by atomic mass is 9.98. The molecule has 1 saturated heterocycles. The molecule has 3 aromatic rings. The highest BCUT2D eigenvalue weighted by Crippen LogP contribution is 2.39. The van der Waals surface area contributed by atoms with Gasteiger partial charge in [0.1, 0.15) is 6.04 Å². The minimum Gasteiger partial charge on any atom is -0.480 e. The molecule has 13 heteroatoms. The van der Waals surface area contributed by atoms with Crippen molar-refractivity contribution in [3.8, 4) is 0 Å². The molecule has 0 radical (unpaired) electrons. The van der Waals surface area contributed by atoms with Crippen molar-refractivity contribution >= 4 is 46.2 Å². The minimum atomic E-state index is -4.11. The Hall–Kier alpha value is -3.97. The number of hydrogen-bond acceptors (Lipinski definition) is 8. The average molecular weight is 602 g/mol. The zero-order chi connectivity index (χ0) is 28.7. The number of aryl methyl sites for hydroxylation is 1. The second-order valence-electron chi connectivity index (χ2n) is 9.42. The number of benzene rings is 3. The van der Waals surface area contributed by atoms with Crippen LogP contribution in [-0.4, -0.2) is 50.3 Å². The third-order valence-electron chi connectivity index (χ3n) is 6.40. The Morgan fingerprint density at radius 1 is 1.12 bits per heavy atom. The first-order chi connectivity index (χ1) is 19.2. The standard InChI is InChI=1S/C28H31N5O6S.ClH/c1-19-6-5-9-24(14-19)40(37,38)32-25(28(35)36)18-30-27(34)16-23-15-26(21-12-10-20(11-13-21)17-31-29)33(39-23)22-7-3-2-4-8-22;/h2-14,17,23,25-26,32H,15-16,18,29H2,1H3,(H,30,34)(H,35,36);1H/t23-,25-,26+;/m0./s1. The molecule has 4 rings (SSSR count). The van der Waals surface area contributed by atoms with Gasteiger partial charge in [-0.05, 0) is 47.9 Å².